The van der Waals surface area contributed by atoms with Crippen molar-refractivity contribution < 1.29 is 5.11 Å². The predicted molar refractivity (Wildman–Crippen MR) is 66.6 cm³/mol. The van der Waals surface area contributed by atoms with E-state index in [4.69, 9.17) is 0 Å². The first-order valence-corrected chi connectivity index (χ1v) is 6.77. The molecule has 1 aromatic carbocycles. The molecule has 0 fully saturated rings. The molecule has 0 saturated heterocycles. The van der Waals surface area contributed by atoms with Crippen molar-refractivity contribution in [3.63, 3.8) is 0 Å². The van der Waals surface area contributed by atoms with Crippen LogP contribution in [0.15, 0.2) is 46.7 Å². The van der Waals surface area contributed by atoms with E-state index in [0.717, 1.165) is 10.4 Å². The molecule has 1 unspecified atom stereocenters. The first-order valence-electron chi connectivity index (χ1n) is 4.66. The summed E-state index contributed by atoms with van der Waals surface area (Å²) in [5, 5.41) is 12.1. The molecule has 0 aliphatic heterocycles. The van der Waals surface area contributed by atoms with Gasteiger partial charge >= 0.3 is 0 Å². The standard InChI is InChI=1S/C12H12OS2/c1-14-10-5-2-4-9(8-10)12(13)11-6-3-7-15-11/h2-8,12-13H,1H3. The number of thioether (sulfide) groups is 1. The van der Waals surface area contributed by atoms with Crippen LogP contribution in [0.1, 0.15) is 16.5 Å². The van der Waals surface area contributed by atoms with Gasteiger partial charge in [-0.1, -0.05) is 18.2 Å². The van der Waals surface area contributed by atoms with Gasteiger partial charge in [-0.2, -0.15) is 0 Å². The SMILES string of the molecule is CSc1cccc(C(O)c2cccs2)c1. The summed E-state index contributed by atoms with van der Waals surface area (Å²) in [6.45, 7) is 0. The van der Waals surface area contributed by atoms with Crippen LogP contribution in [0.3, 0.4) is 0 Å². The van der Waals surface area contributed by atoms with Crippen LogP contribution in [-0.4, -0.2) is 11.4 Å². The zero-order valence-corrected chi connectivity index (χ0v) is 10.0. The molecule has 15 heavy (non-hydrogen) atoms. The first kappa shape index (κ1) is 10.7. The Labute approximate surface area is 97.8 Å². The average molecular weight is 236 g/mol. The monoisotopic (exact) mass is 236 g/mol. The summed E-state index contributed by atoms with van der Waals surface area (Å²) in [5.41, 5.74) is 0.962. The Bertz CT molecular complexity index is 423. The van der Waals surface area contributed by atoms with Crippen molar-refractivity contribution in [3.8, 4) is 0 Å². The van der Waals surface area contributed by atoms with Gasteiger partial charge in [-0.25, -0.2) is 0 Å². The van der Waals surface area contributed by atoms with Crippen LogP contribution in [0.25, 0.3) is 0 Å². The highest BCUT2D eigenvalue weighted by molar-refractivity contribution is 7.98. The number of rotatable bonds is 3. The molecule has 0 aliphatic carbocycles. The van der Waals surface area contributed by atoms with E-state index < -0.39 is 6.10 Å². The van der Waals surface area contributed by atoms with Gasteiger partial charge in [-0.05, 0) is 35.4 Å². The maximum Gasteiger partial charge on any atom is 0.113 e. The number of hydrogen-bond acceptors (Lipinski definition) is 3. The van der Waals surface area contributed by atoms with E-state index in [9.17, 15) is 5.11 Å². The van der Waals surface area contributed by atoms with Gasteiger partial charge in [-0.15, -0.1) is 23.1 Å². The maximum atomic E-state index is 10.1. The Morgan fingerprint density at radius 3 is 2.80 bits per heavy atom. The molecule has 1 atom stereocenters. The Kier molecular flexibility index (Phi) is 3.46. The second-order valence-corrected chi connectivity index (χ2v) is 5.05. The van der Waals surface area contributed by atoms with E-state index in [1.165, 1.54) is 4.90 Å². The Hall–Kier alpha value is -0.770. The molecule has 3 heteroatoms. The lowest BCUT2D eigenvalue weighted by molar-refractivity contribution is 0.224. The maximum absolute atomic E-state index is 10.1. The van der Waals surface area contributed by atoms with Gasteiger partial charge in [-0.3, -0.25) is 0 Å². The normalized spacial score (nSPS) is 12.7. The molecule has 0 amide bonds. The Morgan fingerprint density at radius 2 is 2.13 bits per heavy atom. The van der Waals surface area contributed by atoms with E-state index in [1.54, 1.807) is 23.1 Å². The number of hydrogen-bond donors (Lipinski definition) is 1. The molecule has 0 aliphatic rings. The van der Waals surface area contributed by atoms with E-state index in [2.05, 4.69) is 6.07 Å². The molecule has 1 N–H and O–H groups in total. The van der Waals surface area contributed by atoms with Gasteiger partial charge in [0.2, 0.25) is 0 Å². The number of aliphatic hydroxyl groups is 1. The van der Waals surface area contributed by atoms with Crippen molar-refractivity contribution in [1.82, 2.24) is 0 Å². The molecular weight excluding hydrogens is 224 g/mol. The number of thiophene rings is 1. The minimum absolute atomic E-state index is 0.489. The van der Waals surface area contributed by atoms with Crippen molar-refractivity contribution in [2.24, 2.45) is 0 Å². The topological polar surface area (TPSA) is 20.2 Å². The van der Waals surface area contributed by atoms with Gasteiger partial charge < -0.3 is 5.11 Å². The number of benzene rings is 1. The van der Waals surface area contributed by atoms with Crippen molar-refractivity contribution in [2.45, 2.75) is 11.0 Å². The molecule has 1 aromatic heterocycles. The zero-order valence-electron chi connectivity index (χ0n) is 8.38. The lowest BCUT2D eigenvalue weighted by Gasteiger charge is -2.09. The molecule has 2 aromatic rings. The molecule has 78 valence electrons. The smallest absolute Gasteiger partial charge is 0.113 e. The van der Waals surface area contributed by atoms with E-state index in [1.807, 2.05) is 42.0 Å². The van der Waals surface area contributed by atoms with Gasteiger partial charge in [0.15, 0.2) is 0 Å². The molecule has 2 rings (SSSR count). The molecular formula is C12H12OS2. The minimum atomic E-state index is -0.489. The lowest BCUT2D eigenvalue weighted by atomic mass is 10.1. The minimum Gasteiger partial charge on any atom is -0.383 e. The second-order valence-electron chi connectivity index (χ2n) is 3.19. The molecule has 0 bridgehead atoms. The number of aliphatic hydroxyl groups excluding tert-OH is 1. The zero-order chi connectivity index (χ0) is 10.7. The van der Waals surface area contributed by atoms with Gasteiger partial charge in [0, 0.05) is 9.77 Å². The van der Waals surface area contributed by atoms with Crippen LogP contribution in [0.2, 0.25) is 0 Å². The molecule has 0 saturated carbocycles. The highest BCUT2D eigenvalue weighted by Crippen LogP contribution is 2.27. The summed E-state index contributed by atoms with van der Waals surface area (Å²) in [5.74, 6) is 0. The summed E-state index contributed by atoms with van der Waals surface area (Å²) in [7, 11) is 0. The highest BCUT2D eigenvalue weighted by atomic mass is 32.2. The summed E-state index contributed by atoms with van der Waals surface area (Å²) >= 11 is 3.27. The van der Waals surface area contributed by atoms with Crippen LogP contribution in [0.5, 0.6) is 0 Å². The van der Waals surface area contributed by atoms with E-state index in [0.29, 0.717) is 0 Å². The van der Waals surface area contributed by atoms with Crippen LogP contribution in [0, 0.1) is 0 Å². The first-order chi connectivity index (χ1) is 7.31. The van der Waals surface area contributed by atoms with Crippen LogP contribution < -0.4 is 0 Å². The average Bonchev–Trinajstić information content (AvgIpc) is 2.81. The Balaban J connectivity index is 2.29. The van der Waals surface area contributed by atoms with Crippen LogP contribution in [-0.2, 0) is 0 Å². The van der Waals surface area contributed by atoms with Crippen molar-refractivity contribution in [3.05, 3.63) is 52.2 Å². The molecule has 0 radical (unpaired) electrons. The third-order valence-electron chi connectivity index (χ3n) is 2.22. The molecule has 1 nitrogen and oxygen atoms in total. The highest BCUT2D eigenvalue weighted by Gasteiger charge is 2.11. The van der Waals surface area contributed by atoms with Gasteiger partial charge in [0.05, 0.1) is 0 Å². The second kappa shape index (κ2) is 4.84. The van der Waals surface area contributed by atoms with Gasteiger partial charge in [0.25, 0.3) is 0 Å². The van der Waals surface area contributed by atoms with Crippen LogP contribution >= 0.6 is 23.1 Å². The summed E-state index contributed by atoms with van der Waals surface area (Å²) in [6.07, 6.45) is 1.55. The van der Waals surface area contributed by atoms with Crippen molar-refractivity contribution in [2.75, 3.05) is 6.26 Å². The fraction of sp³-hybridized carbons (Fsp3) is 0.167. The largest absolute Gasteiger partial charge is 0.383 e. The fourth-order valence-corrected chi connectivity index (χ4v) is 2.63. The molecule has 1 heterocycles. The molecule has 0 spiro atoms. The predicted octanol–water partition coefficient (Wildman–Crippen LogP) is 3.55. The quantitative estimate of drug-likeness (QED) is 0.822. The third-order valence-corrected chi connectivity index (χ3v) is 3.87. The van der Waals surface area contributed by atoms with E-state index in [-0.39, 0.29) is 0 Å². The lowest BCUT2D eigenvalue weighted by Crippen LogP contribution is -1.96. The summed E-state index contributed by atoms with van der Waals surface area (Å²) < 4.78 is 0. The third kappa shape index (κ3) is 2.43. The Morgan fingerprint density at radius 1 is 1.27 bits per heavy atom. The summed E-state index contributed by atoms with van der Waals surface area (Å²) in [4.78, 5) is 2.18. The van der Waals surface area contributed by atoms with Crippen molar-refractivity contribution in [1.29, 1.82) is 0 Å². The van der Waals surface area contributed by atoms with Crippen molar-refractivity contribution >= 4 is 23.1 Å². The van der Waals surface area contributed by atoms with Crippen LogP contribution in [0.4, 0.5) is 0 Å². The van der Waals surface area contributed by atoms with E-state index >= 15 is 0 Å². The summed E-state index contributed by atoms with van der Waals surface area (Å²) in [6, 6.07) is 12.0. The fourth-order valence-electron chi connectivity index (χ4n) is 1.42. The van der Waals surface area contributed by atoms with Gasteiger partial charge in [0.1, 0.15) is 6.10 Å².